The largest absolute Gasteiger partial charge is 0.497 e. The predicted molar refractivity (Wildman–Crippen MR) is 102 cm³/mol. The maximum absolute atomic E-state index is 12.6. The molecule has 0 saturated carbocycles. The summed E-state index contributed by atoms with van der Waals surface area (Å²) >= 11 is 0. The van der Waals surface area contributed by atoms with Crippen LogP contribution in [0.2, 0.25) is 0 Å². The van der Waals surface area contributed by atoms with E-state index in [2.05, 4.69) is 16.2 Å². The van der Waals surface area contributed by atoms with Crippen LogP contribution in [0.3, 0.4) is 0 Å². The van der Waals surface area contributed by atoms with Crippen LogP contribution >= 0.6 is 0 Å². The topological polar surface area (TPSA) is 71.6 Å². The smallest absolute Gasteiger partial charge is 0.242 e. The van der Waals surface area contributed by atoms with Gasteiger partial charge in [0.2, 0.25) is 5.91 Å². The second-order valence-electron chi connectivity index (χ2n) is 6.55. The molecule has 1 amide bonds. The zero-order valence-corrected chi connectivity index (χ0v) is 15.6. The van der Waals surface area contributed by atoms with Crippen LogP contribution in [0, 0.1) is 13.8 Å². The highest BCUT2D eigenvalue weighted by atomic mass is 16.5. The van der Waals surface area contributed by atoms with E-state index in [9.17, 15) is 4.79 Å². The van der Waals surface area contributed by atoms with Gasteiger partial charge in [-0.15, -0.1) is 0 Å². The Kier molecular flexibility index (Phi) is 5.44. The highest BCUT2D eigenvalue weighted by Crippen LogP contribution is 2.33. The number of hydrazine groups is 1. The molecule has 2 aromatic carbocycles. The van der Waals surface area contributed by atoms with Crippen molar-refractivity contribution < 1.29 is 14.3 Å². The Morgan fingerprint density at radius 1 is 1.08 bits per heavy atom. The van der Waals surface area contributed by atoms with Gasteiger partial charge in [-0.3, -0.25) is 4.79 Å². The van der Waals surface area contributed by atoms with Crippen molar-refractivity contribution in [3.05, 3.63) is 53.1 Å². The minimum Gasteiger partial charge on any atom is -0.497 e. The van der Waals surface area contributed by atoms with Crippen molar-refractivity contribution in [1.29, 1.82) is 0 Å². The molecular weight excluding hydrogens is 330 g/mol. The number of hydrogen-bond donors (Lipinski definition) is 3. The molecule has 0 aliphatic carbocycles. The number of ether oxygens (including phenoxy) is 2. The first kappa shape index (κ1) is 18.2. The normalized spacial score (nSPS) is 19.2. The molecule has 3 N–H and O–H groups in total. The number of carbonyl (C=O) groups is 1. The lowest BCUT2D eigenvalue weighted by atomic mass is 10.0. The lowest BCUT2D eigenvalue weighted by Crippen LogP contribution is -2.39. The highest BCUT2D eigenvalue weighted by molar-refractivity contribution is 5.95. The summed E-state index contributed by atoms with van der Waals surface area (Å²) in [4.78, 5) is 12.6. The molecule has 2 aromatic rings. The van der Waals surface area contributed by atoms with Crippen LogP contribution < -0.4 is 25.6 Å². The first-order valence-corrected chi connectivity index (χ1v) is 8.63. The van der Waals surface area contributed by atoms with Crippen molar-refractivity contribution in [3.8, 4) is 11.5 Å². The zero-order chi connectivity index (χ0) is 18.7. The number of carbonyl (C=O) groups excluding carboxylic acids is 1. The Bertz CT molecular complexity index is 807. The molecule has 138 valence electrons. The molecule has 26 heavy (non-hydrogen) atoms. The molecule has 0 radical (unpaired) electrons. The number of aryl methyl sites for hydroxylation is 2. The molecule has 1 fully saturated rings. The molecular formula is C20H25N3O3. The Labute approximate surface area is 153 Å². The van der Waals surface area contributed by atoms with E-state index in [-0.39, 0.29) is 18.0 Å². The third-order valence-corrected chi connectivity index (χ3v) is 4.69. The summed E-state index contributed by atoms with van der Waals surface area (Å²) in [5.41, 5.74) is 10.3. The monoisotopic (exact) mass is 355 g/mol. The molecule has 1 heterocycles. The summed E-state index contributed by atoms with van der Waals surface area (Å²) in [6, 6.07) is 11.4. The van der Waals surface area contributed by atoms with Crippen molar-refractivity contribution in [3.63, 3.8) is 0 Å². The van der Waals surface area contributed by atoms with E-state index in [1.807, 2.05) is 50.2 Å². The van der Waals surface area contributed by atoms with Gasteiger partial charge in [0, 0.05) is 17.3 Å². The molecule has 0 bridgehead atoms. The quantitative estimate of drug-likeness (QED) is 0.769. The third kappa shape index (κ3) is 3.81. The average molecular weight is 355 g/mol. The minimum absolute atomic E-state index is 0.0230. The van der Waals surface area contributed by atoms with E-state index >= 15 is 0 Å². The maximum atomic E-state index is 12.6. The molecule has 6 heteroatoms. The van der Waals surface area contributed by atoms with Crippen molar-refractivity contribution >= 4 is 11.6 Å². The highest BCUT2D eigenvalue weighted by Gasteiger charge is 2.32. The number of benzene rings is 2. The fourth-order valence-corrected chi connectivity index (χ4v) is 3.13. The molecule has 1 aliphatic rings. The van der Waals surface area contributed by atoms with Gasteiger partial charge in [-0.2, -0.15) is 0 Å². The minimum atomic E-state index is -0.327. The molecule has 6 nitrogen and oxygen atoms in total. The number of rotatable bonds is 5. The van der Waals surface area contributed by atoms with E-state index in [1.54, 1.807) is 14.2 Å². The van der Waals surface area contributed by atoms with E-state index in [4.69, 9.17) is 9.47 Å². The number of hydrogen-bond acceptors (Lipinski definition) is 5. The lowest BCUT2D eigenvalue weighted by Gasteiger charge is -2.15. The Morgan fingerprint density at radius 2 is 1.88 bits per heavy atom. The summed E-state index contributed by atoms with van der Waals surface area (Å²) in [6.07, 6.45) is 0.624. The van der Waals surface area contributed by atoms with E-state index < -0.39 is 0 Å². The van der Waals surface area contributed by atoms with Gasteiger partial charge >= 0.3 is 0 Å². The van der Waals surface area contributed by atoms with Crippen LogP contribution in [0.4, 0.5) is 5.69 Å². The van der Waals surface area contributed by atoms with Crippen molar-refractivity contribution in [2.24, 2.45) is 0 Å². The Balaban J connectivity index is 1.70. The summed E-state index contributed by atoms with van der Waals surface area (Å²) in [6.45, 7) is 4.00. The van der Waals surface area contributed by atoms with Crippen LogP contribution in [-0.4, -0.2) is 26.2 Å². The van der Waals surface area contributed by atoms with Crippen LogP contribution in [0.5, 0.6) is 11.5 Å². The number of amides is 1. The predicted octanol–water partition coefficient (Wildman–Crippen LogP) is 2.87. The van der Waals surface area contributed by atoms with Gasteiger partial charge in [0.1, 0.15) is 17.5 Å². The summed E-state index contributed by atoms with van der Waals surface area (Å²) in [7, 11) is 3.25. The third-order valence-electron chi connectivity index (χ3n) is 4.69. The summed E-state index contributed by atoms with van der Waals surface area (Å²) in [5.74, 6) is 1.42. The number of anilines is 1. The number of methoxy groups -OCH3 is 2. The van der Waals surface area contributed by atoms with Gasteiger partial charge in [-0.05, 0) is 43.5 Å². The first-order valence-electron chi connectivity index (χ1n) is 8.63. The second kappa shape index (κ2) is 7.76. The Hall–Kier alpha value is -2.57. The molecule has 2 atom stereocenters. The van der Waals surface area contributed by atoms with Crippen LogP contribution in [0.1, 0.15) is 29.2 Å². The van der Waals surface area contributed by atoms with Crippen molar-refractivity contribution in [2.75, 3.05) is 19.5 Å². The molecule has 3 rings (SSSR count). The molecule has 0 aromatic heterocycles. The Morgan fingerprint density at radius 3 is 2.62 bits per heavy atom. The van der Waals surface area contributed by atoms with Gasteiger partial charge in [0.05, 0.1) is 20.3 Å². The van der Waals surface area contributed by atoms with Crippen molar-refractivity contribution in [2.45, 2.75) is 32.4 Å². The fraction of sp³-hybridized carbons (Fsp3) is 0.350. The van der Waals surface area contributed by atoms with Gasteiger partial charge in [-0.1, -0.05) is 18.2 Å². The first-order chi connectivity index (χ1) is 12.5. The van der Waals surface area contributed by atoms with Gasteiger partial charge in [0.25, 0.3) is 0 Å². The van der Waals surface area contributed by atoms with E-state index in [1.165, 1.54) is 0 Å². The molecule has 1 aliphatic heterocycles. The molecule has 1 saturated heterocycles. The van der Waals surface area contributed by atoms with Crippen molar-refractivity contribution in [1.82, 2.24) is 10.9 Å². The lowest BCUT2D eigenvalue weighted by molar-refractivity contribution is -0.117. The average Bonchev–Trinajstić information content (AvgIpc) is 3.14. The van der Waals surface area contributed by atoms with Crippen LogP contribution in [0.15, 0.2) is 36.4 Å². The van der Waals surface area contributed by atoms with Gasteiger partial charge in [0.15, 0.2) is 0 Å². The SMILES string of the molecule is COc1ccc(C2CC(C(=O)Nc3cc(C)ccc3C)NN2)c(OC)c1. The zero-order valence-electron chi connectivity index (χ0n) is 15.6. The molecule has 0 spiro atoms. The molecule has 2 unspecified atom stereocenters. The second-order valence-corrected chi connectivity index (χ2v) is 6.55. The number of nitrogens with one attached hydrogen (secondary N) is 3. The van der Waals surface area contributed by atoms with E-state index in [0.717, 1.165) is 33.9 Å². The summed E-state index contributed by atoms with van der Waals surface area (Å²) < 4.78 is 10.7. The summed E-state index contributed by atoms with van der Waals surface area (Å²) in [5, 5.41) is 3.02. The van der Waals surface area contributed by atoms with E-state index in [0.29, 0.717) is 6.42 Å². The fourth-order valence-electron chi connectivity index (χ4n) is 3.13. The standard InChI is InChI=1S/C20H25N3O3/c1-12-5-6-13(2)16(9-12)21-20(24)18-11-17(22-23-18)15-8-7-14(25-3)10-19(15)26-4/h5-10,17-18,22-23H,11H2,1-4H3,(H,21,24). The van der Waals surface area contributed by atoms with Crippen LogP contribution in [0.25, 0.3) is 0 Å². The van der Waals surface area contributed by atoms with Crippen LogP contribution in [-0.2, 0) is 4.79 Å². The van der Waals surface area contributed by atoms with Gasteiger partial charge in [-0.25, -0.2) is 10.9 Å². The maximum Gasteiger partial charge on any atom is 0.242 e. The van der Waals surface area contributed by atoms with Gasteiger partial charge < -0.3 is 14.8 Å².